The van der Waals surface area contributed by atoms with Crippen LogP contribution >= 0.6 is 0 Å². The van der Waals surface area contributed by atoms with Crippen LogP contribution in [0.5, 0.6) is 5.75 Å². The predicted molar refractivity (Wildman–Crippen MR) is 105 cm³/mol. The molecular formula is C20H16N4O3S. The van der Waals surface area contributed by atoms with Crippen molar-refractivity contribution < 1.29 is 13.5 Å². The quantitative estimate of drug-likeness (QED) is 0.555. The van der Waals surface area contributed by atoms with Gasteiger partial charge in [-0.15, -0.1) is 5.10 Å². The third-order valence-corrected chi connectivity index (χ3v) is 5.12. The number of aromatic nitrogens is 3. The van der Waals surface area contributed by atoms with E-state index in [1.165, 1.54) is 12.1 Å². The van der Waals surface area contributed by atoms with E-state index >= 15 is 0 Å². The third-order valence-electron chi connectivity index (χ3n) is 4.19. The van der Waals surface area contributed by atoms with Crippen molar-refractivity contribution in [2.75, 3.05) is 0 Å². The van der Waals surface area contributed by atoms with E-state index in [0.29, 0.717) is 22.9 Å². The molecule has 0 amide bonds. The molecule has 4 rings (SSSR count). The van der Waals surface area contributed by atoms with Crippen LogP contribution in [0.3, 0.4) is 0 Å². The fourth-order valence-corrected chi connectivity index (χ4v) is 3.33. The van der Waals surface area contributed by atoms with Gasteiger partial charge in [-0.05, 0) is 36.4 Å². The average molecular weight is 392 g/mol. The third kappa shape index (κ3) is 3.38. The average Bonchev–Trinajstić information content (AvgIpc) is 3.14. The minimum atomic E-state index is -3.79. The summed E-state index contributed by atoms with van der Waals surface area (Å²) in [5, 5.41) is 20.0. The Morgan fingerprint density at radius 3 is 2.14 bits per heavy atom. The second kappa shape index (κ2) is 6.91. The smallest absolute Gasteiger partial charge is 0.238 e. The molecule has 4 aromatic rings. The minimum absolute atomic E-state index is 0.00348. The Balaban J connectivity index is 1.90. The molecule has 7 nitrogen and oxygen atoms in total. The van der Waals surface area contributed by atoms with E-state index in [2.05, 4.69) is 10.1 Å². The highest BCUT2D eigenvalue weighted by Crippen LogP contribution is 2.31. The van der Waals surface area contributed by atoms with E-state index in [0.717, 1.165) is 5.56 Å². The molecule has 3 aromatic carbocycles. The molecule has 0 bridgehead atoms. The van der Waals surface area contributed by atoms with Crippen molar-refractivity contribution in [2.24, 2.45) is 5.14 Å². The van der Waals surface area contributed by atoms with Crippen LogP contribution in [0, 0.1) is 0 Å². The number of sulfonamides is 1. The molecule has 3 N–H and O–H groups in total. The fourth-order valence-electron chi connectivity index (χ4n) is 2.82. The van der Waals surface area contributed by atoms with Gasteiger partial charge in [0.15, 0.2) is 11.6 Å². The molecule has 8 heteroatoms. The van der Waals surface area contributed by atoms with Crippen LogP contribution in [0.1, 0.15) is 0 Å². The van der Waals surface area contributed by atoms with Gasteiger partial charge in [0, 0.05) is 5.56 Å². The largest absolute Gasteiger partial charge is 0.507 e. The highest BCUT2D eigenvalue weighted by atomic mass is 32.2. The minimum Gasteiger partial charge on any atom is -0.507 e. The number of rotatable bonds is 4. The molecule has 0 aliphatic heterocycles. The highest BCUT2D eigenvalue weighted by molar-refractivity contribution is 7.89. The summed E-state index contributed by atoms with van der Waals surface area (Å²) in [5.74, 6) is 0.978. The maximum atomic E-state index is 11.5. The lowest BCUT2D eigenvalue weighted by Gasteiger charge is -2.08. The molecule has 0 unspecified atom stereocenters. The van der Waals surface area contributed by atoms with Crippen LogP contribution in [0.2, 0.25) is 0 Å². The molecule has 0 fully saturated rings. The lowest BCUT2D eigenvalue weighted by molar-refractivity contribution is 0.476. The van der Waals surface area contributed by atoms with E-state index < -0.39 is 10.0 Å². The molecule has 0 saturated heterocycles. The summed E-state index contributed by atoms with van der Waals surface area (Å²) < 4.78 is 24.6. The molecule has 0 aliphatic rings. The van der Waals surface area contributed by atoms with Gasteiger partial charge in [-0.25, -0.2) is 23.2 Å². The van der Waals surface area contributed by atoms with E-state index in [4.69, 9.17) is 5.14 Å². The zero-order valence-electron chi connectivity index (χ0n) is 14.6. The van der Waals surface area contributed by atoms with Crippen molar-refractivity contribution in [1.82, 2.24) is 14.8 Å². The fraction of sp³-hybridized carbons (Fsp3) is 0. The topological polar surface area (TPSA) is 111 Å². The van der Waals surface area contributed by atoms with Gasteiger partial charge in [0.05, 0.1) is 16.1 Å². The monoisotopic (exact) mass is 392 g/mol. The van der Waals surface area contributed by atoms with E-state index in [9.17, 15) is 13.5 Å². The summed E-state index contributed by atoms with van der Waals surface area (Å²) in [4.78, 5) is 4.61. The second-order valence-corrected chi connectivity index (χ2v) is 7.65. The van der Waals surface area contributed by atoms with Crippen LogP contribution in [-0.4, -0.2) is 28.3 Å². The van der Waals surface area contributed by atoms with Gasteiger partial charge in [0.25, 0.3) is 0 Å². The van der Waals surface area contributed by atoms with Crippen LogP contribution in [0.25, 0.3) is 28.5 Å². The first-order chi connectivity index (χ1) is 13.4. The van der Waals surface area contributed by atoms with Crippen molar-refractivity contribution in [2.45, 2.75) is 4.90 Å². The number of phenols is 1. The van der Waals surface area contributed by atoms with Crippen LogP contribution in [0.15, 0.2) is 83.8 Å². The normalized spacial score (nSPS) is 11.5. The van der Waals surface area contributed by atoms with Gasteiger partial charge >= 0.3 is 0 Å². The van der Waals surface area contributed by atoms with Gasteiger partial charge in [0.2, 0.25) is 10.0 Å². The first kappa shape index (κ1) is 17.9. The Bertz CT molecular complexity index is 1230. The predicted octanol–water partition coefficient (Wildman–Crippen LogP) is 2.95. The second-order valence-electron chi connectivity index (χ2n) is 6.09. The number of phenolic OH excluding ortho intramolecular Hbond substituents is 1. The molecule has 28 heavy (non-hydrogen) atoms. The number of para-hydroxylation sites is 1. The standard InChI is InChI=1S/C20H16N4O3S/c21-28(26,27)16-12-10-15(11-13-16)24-20(17-8-4-5-9-18(17)25)22-19(23-24)14-6-2-1-3-7-14/h1-13,25H,(H2,21,26,27). The van der Waals surface area contributed by atoms with E-state index in [-0.39, 0.29) is 10.6 Å². The molecule has 0 spiro atoms. The summed E-state index contributed by atoms with van der Waals surface area (Å²) in [6, 6.07) is 22.3. The van der Waals surface area contributed by atoms with E-state index in [1.54, 1.807) is 41.1 Å². The molecule has 0 radical (unpaired) electrons. The zero-order chi connectivity index (χ0) is 19.7. The molecular weight excluding hydrogens is 376 g/mol. The van der Waals surface area contributed by atoms with Crippen molar-refractivity contribution in [3.05, 3.63) is 78.9 Å². The highest BCUT2D eigenvalue weighted by Gasteiger charge is 2.18. The summed E-state index contributed by atoms with van der Waals surface area (Å²) in [6.07, 6.45) is 0. The first-order valence-electron chi connectivity index (χ1n) is 8.37. The van der Waals surface area contributed by atoms with Crippen molar-refractivity contribution in [3.8, 4) is 34.2 Å². The van der Waals surface area contributed by atoms with Crippen molar-refractivity contribution in [1.29, 1.82) is 0 Å². The van der Waals surface area contributed by atoms with Gasteiger partial charge in [-0.2, -0.15) is 0 Å². The molecule has 0 saturated carbocycles. The molecule has 1 heterocycles. The first-order valence-corrected chi connectivity index (χ1v) is 9.92. The lowest BCUT2D eigenvalue weighted by Crippen LogP contribution is -2.12. The van der Waals surface area contributed by atoms with E-state index in [1.807, 2.05) is 30.3 Å². The Hall–Kier alpha value is -3.49. The summed E-state index contributed by atoms with van der Waals surface area (Å²) in [6.45, 7) is 0. The van der Waals surface area contributed by atoms with Gasteiger partial charge in [-0.3, -0.25) is 0 Å². The lowest BCUT2D eigenvalue weighted by atomic mass is 10.2. The van der Waals surface area contributed by atoms with Gasteiger partial charge in [0.1, 0.15) is 5.75 Å². The number of benzene rings is 3. The number of nitrogens with two attached hydrogens (primary N) is 1. The Morgan fingerprint density at radius 1 is 0.857 bits per heavy atom. The SMILES string of the molecule is NS(=O)(=O)c1ccc(-n2nc(-c3ccccc3)nc2-c2ccccc2O)cc1. The Labute approximate surface area is 161 Å². The van der Waals surface area contributed by atoms with Crippen LogP contribution in [0.4, 0.5) is 0 Å². The summed E-state index contributed by atoms with van der Waals surface area (Å²) >= 11 is 0. The maximum absolute atomic E-state index is 11.5. The molecule has 1 aromatic heterocycles. The maximum Gasteiger partial charge on any atom is 0.238 e. The molecule has 140 valence electrons. The number of hydrogen-bond acceptors (Lipinski definition) is 5. The summed E-state index contributed by atoms with van der Waals surface area (Å²) in [5.41, 5.74) is 1.91. The Kier molecular flexibility index (Phi) is 4.42. The van der Waals surface area contributed by atoms with Crippen LogP contribution < -0.4 is 5.14 Å². The van der Waals surface area contributed by atoms with Gasteiger partial charge < -0.3 is 5.11 Å². The summed E-state index contributed by atoms with van der Waals surface area (Å²) in [7, 11) is -3.79. The zero-order valence-corrected chi connectivity index (χ0v) is 15.4. The number of primary sulfonamides is 1. The Morgan fingerprint density at radius 2 is 1.50 bits per heavy atom. The molecule has 0 atom stereocenters. The number of aromatic hydroxyl groups is 1. The number of hydrogen-bond donors (Lipinski definition) is 2. The van der Waals surface area contributed by atoms with Gasteiger partial charge in [-0.1, -0.05) is 42.5 Å². The number of nitrogens with zero attached hydrogens (tertiary/aromatic N) is 3. The molecule has 0 aliphatic carbocycles. The van der Waals surface area contributed by atoms with Crippen molar-refractivity contribution >= 4 is 10.0 Å². The van der Waals surface area contributed by atoms with Crippen LogP contribution in [-0.2, 0) is 10.0 Å². The van der Waals surface area contributed by atoms with Crippen molar-refractivity contribution in [3.63, 3.8) is 0 Å².